The van der Waals surface area contributed by atoms with Gasteiger partial charge in [-0.25, -0.2) is 4.79 Å². The first kappa shape index (κ1) is 15.1. The van der Waals surface area contributed by atoms with Gasteiger partial charge in [-0.3, -0.25) is 4.79 Å². The van der Waals surface area contributed by atoms with Crippen LogP contribution in [0.1, 0.15) is 33.6 Å². The highest BCUT2D eigenvalue weighted by Crippen LogP contribution is 2.26. The first-order valence-corrected chi connectivity index (χ1v) is 7.33. The standard InChI is InChI=1S/C14H25N3O3/c1-10(7-16-6-4-5-12(16)18)15-13(19)17-8-11(9-17)14(2,3)20/h10-11,20H,4-9H2,1-3H3,(H,15,19). The highest BCUT2D eigenvalue weighted by Gasteiger charge is 2.40. The minimum atomic E-state index is -0.732. The summed E-state index contributed by atoms with van der Waals surface area (Å²) in [7, 11) is 0. The van der Waals surface area contributed by atoms with Crippen LogP contribution >= 0.6 is 0 Å². The van der Waals surface area contributed by atoms with E-state index in [2.05, 4.69) is 5.32 Å². The van der Waals surface area contributed by atoms with Crippen molar-refractivity contribution < 1.29 is 14.7 Å². The monoisotopic (exact) mass is 283 g/mol. The number of hydrogen-bond donors (Lipinski definition) is 2. The molecule has 0 aromatic carbocycles. The summed E-state index contributed by atoms with van der Waals surface area (Å²) in [5, 5.41) is 12.7. The number of aliphatic hydroxyl groups is 1. The number of amides is 3. The molecule has 0 aromatic rings. The van der Waals surface area contributed by atoms with E-state index in [9.17, 15) is 14.7 Å². The largest absolute Gasteiger partial charge is 0.390 e. The molecule has 2 aliphatic rings. The summed E-state index contributed by atoms with van der Waals surface area (Å²) < 4.78 is 0. The fraction of sp³-hybridized carbons (Fsp3) is 0.857. The minimum absolute atomic E-state index is 0.0502. The molecule has 6 heteroatoms. The Morgan fingerprint density at radius 1 is 1.50 bits per heavy atom. The fourth-order valence-corrected chi connectivity index (χ4v) is 2.67. The lowest BCUT2D eigenvalue weighted by Crippen LogP contribution is -2.61. The summed E-state index contributed by atoms with van der Waals surface area (Å²) in [6, 6.07) is -0.157. The zero-order valence-corrected chi connectivity index (χ0v) is 12.6. The van der Waals surface area contributed by atoms with E-state index in [-0.39, 0.29) is 23.9 Å². The topological polar surface area (TPSA) is 72.9 Å². The molecule has 0 radical (unpaired) electrons. The molecule has 3 amide bonds. The summed E-state index contributed by atoms with van der Waals surface area (Å²) >= 11 is 0. The van der Waals surface area contributed by atoms with Crippen LogP contribution in [0, 0.1) is 5.92 Å². The van der Waals surface area contributed by atoms with Crippen molar-refractivity contribution in [3.8, 4) is 0 Å². The zero-order valence-electron chi connectivity index (χ0n) is 12.6. The van der Waals surface area contributed by atoms with E-state index in [1.165, 1.54) is 0 Å². The highest BCUT2D eigenvalue weighted by molar-refractivity contribution is 5.78. The van der Waals surface area contributed by atoms with Gasteiger partial charge in [-0.1, -0.05) is 0 Å². The predicted octanol–water partition coefficient (Wildman–Crippen LogP) is 0.410. The summed E-state index contributed by atoms with van der Waals surface area (Å²) in [5.41, 5.74) is -0.732. The summed E-state index contributed by atoms with van der Waals surface area (Å²) in [5.74, 6) is 0.320. The van der Waals surface area contributed by atoms with Gasteiger partial charge in [-0.2, -0.15) is 0 Å². The molecule has 0 saturated carbocycles. The second kappa shape index (κ2) is 5.60. The van der Waals surface area contributed by atoms with Crippen LogP contribution in [0.3, 0.4) is 0 Å². The number of carbonyl (C=O) groups excluding carboxylic acids is 2. The molecule has 6 nitrogen and oxygen atoms in total. The molecular formula is C14H25N3O3. The highest BCUT2D eigenvalue weighted by atomic mass is 16.3. The Morgan fingerprint density at radius 3 is 2.65 bits per heavy atom. The first-order chi connectivity index (χ1) is 9.27. The Kier molecular flexibility index (Phi) is 4.22. The van der Waals surface area contributed by atoms with Crippen molar-refractivity contribution >= 4 is 11.9 Å². The van der Waals surface area contributed by atoms with E-state index >= 15 is 0 Å². The van der Waals surface area contributed by atoms with Gasteiger partial charge >= 0.3 is 6.03 Å². The van der Waals surface area contributed by atoms with Crippen LogP contribution in [0.15, 0.2) is 0 Å². The Balaban J connectivity index is 1.71. The van der Waals surface area contributed by atoms with Crippen LogP contribution in [-0.2, 0) is 4.79 Å². The van der Waals surface area contributed by atoms with Gasteiger partial charge in [0.1, 0.15) is 0 Å². The van der Waals surface area contributed by atoms with Gasteiger partial charge < -0.3 is 20.2 Å². The second-order valence-corrected chi connectivity index (χ2v) is 6.55. The van der Waals surface area contributed by atoms with Gasteiger partial charge in [0.15, 0.2) is 0 Å². The van der Waals surface area contributed by atoms with E-state index in [0.29, 0.717) is 26.1 Å². The normalized spacial score (nSPS) is 21.9. The maximum Gasteiger partial charge on any atom is 0.317 e. The van der Waals surface area contributed by atoms with Gasteiger partial charge in [0.25, 0.3) is 0 Å². The SMILES string of the molecule is CC(CN1CCCC1=O)NC(=O)N1CC(C(C)(C)O)C1. The van der Waals surface area contributed by atoms with Crippen LogP contribution in [0.2, 0.25) is 0 Å². The first-order valence-electron chi connectivity index (χ1n) is 7.33. The minimum Gasteiger partial charge on any atom is -0.390 e. The number of urea groups is 1. The van der Waals surface area contributed by atoms with Gasteiger partial charge in [0.2, 0.25) is 5.91 Å². The third-order valence-electron chi connectivity index (χ3n) is 4.20. The third-order valence-corrected chi connectivity index (χ3v) is 4.20. The Hall–Kier alpha value is -1.30. The molecule has 2 saturated heterocycles. The number of nitrogens with one attached hydrogen (secondary N) is 1. The maximum atomic E-state index is 12.0. The van der Waals surface area contributed by atoms with Crippen LogP contribution in [0.25, 0.3) is 0 Å². The van der Waals surface area contributed by atoms with Crippen LogP contribution in [0.4, 0.5) is 4.79 Å². The summed E-state index contributed by atoms with van der Waals surface area (Å²) in [6.45, 7) is 8.01. The second-order valence-electron chi connectivity index (χ2n) is 6.55. The van der Waals surface area contributed by atoms with Gasteiger partial charge in [-0.15, -0.1) is 0 Å². The predicted molar refractivity (Wildman–Crippen MR) is 75.2 cm³/mol. The lowest BCUT2D eigenvalue weighted by atomic mass is 9.85. The molecule has 0 aromatic heterocycles. The van der Waals surface area contributed by atoms with Crippen molar-refractivity contribution in [2.24, 2.45) is 5.92 Å². The smallest absolute Gasteiger partial charge is 0.317 e. The quantitative estimate of drug-likeness (QED) is 0.785. The van der Waals surface area contributed by atoms with E-state index < -0.39 is 5.60 Å². The van der Waals surface area contributed by atoms with Crippen molar-refractivity contribution in [3.05, 3.63) is 0 Å². The molecule has 2 rings (SSSR count). The van der Waals surface area contributed by atoms with E-state index in [0.717, 1.165) is 13.0 Å². The van der Waals surface area contributed by atoms with Gasteiger partial charge in [-0.05, 0) is 27.2 Å². The molecule has 114 valence electrons. The third kappa shape index (κ3) is 3.42. The lowest BCUT2D eigenvalue weighted by molar-refractivity contribution is -0.127. The molecule has 2 N–H and O–H groups in total. The molecule has 0 aliphatic carbocycles. The van der Waals surface area contributed by atoms with E-state index in [4.69, 9.17) is 0 Å². The fourth-order valence-electron chi connectivity index (χ4n) is 2.67. The van der Waals surface area contributed by atoms with E-state index in [1.54, 1.807) is 23.6 Å². The molecule has 1 atom stereocenters. The van der Waals surface area contributed by atoms with Crippen LogP contribution < -0.4 is 5.32 Å². The average molecular weight is 283 g/mol. The van der Waals surface area contributed by atoms with Gasteiger partial charge in [0.05, 0.1) is 5.60 Å². The molecule has 2 fully saturated rings. The number of likely N-dealkylation sites (tertiary alicyclic amines) is 2. The average Bonchev–Trinajstić information content (AvgIpc) is 2.59. The number of carbonyl (C=O) groups is 2. The Morgan fingerprint density at radius 2 is 2.15 bits per heavy atom. The number of nitrogens with zero attached hydrogens (tertiary/aromatic N) is 2. The zero-order chi connectivity index (χ0) is 14.9. The molecule has 0 bridgehead atoms. The molecule has 2 aliphatic heterocycles. The lowest BCUT2D eigenvalue weighted by Gasteiger charge is -2.45. The summed E-state index contributed by atoms with van der Waals surface area (Å²) in [6.07, 6.45) is 1.54. The van der Waals surface area contributed by atoms with Crippen molar-refractivity contribution in [3.63, 3.8) is 0 Å². The molecule has 0 spiro atoms. The Bertz CT molecular complexity index is 386. The van der Waals surface area contributed by atoms with Crippen molar-refractivity contribution in [1.82, 2.24) is 15.1 Å². The number of hydrogen-bond acceptors (Lipinski definition) is 3. The van der Waals surface area contributed by atoms with Crippen molar-refractivity contribution in [1.29, 1.82) is 0 Å². The summed E-state index contributed by atoms with van der Waals surface area (Å²) in [4.78, 5) is 27.0. The molecule has 1 unspecified atom stereocenters. The van der Waals surface area contributed by atoms with Crippen LogP contribution in [0.5, 0.6) is 0 Å². The molecular weight excluding hydrogens is 258 g/mol. The van der Waals surface area contributed by atoms with Crippen molar-refractivity contribution in [2.45, 2.75) is 45.3 Å². The molecule has 20 heavy (non-hydrogen) atoms. The number of rotatable bonds is 4. The molecule has 2 heterocycles. The van der Waals surface area contributed by atoms with Crippen molar-refractivity contribution in [2.75, 3.05) is 26.2 Å². The van der Waals surface area contributed by atoms with Gasteiger partial charge in [0, 0.05) is 44.6 Å². The van der Waals surface area contributed by atoms with E-state index in [1.807, 2.05) is 6.92 Å². The van der Waals surface area contributed by atoms with Crippen LogP contribution in [-0.4, -0.2) is 64.7 Å². The maximum absolute atomic E-state index is 12.0. The Labute approximate surface area is 120 Å².